The van der Waals surface area contributed by atoms with Gasteiger partial charge in [0.05, 0.1) is 24.2 Å². The smallest absolute Gasteiger partial charge is 0.408 e. The Bertz CT molecular complexity index is 1840. The van der Waals surface area contributed by atoms with E-state index in [-0.39, 0.29) is 37.0 Å². The minimum Gasteiger partial charge on any atom is -0.488 e. The molecule has 57 heavy (non-hydrogen) atoms. The van der Waals surface area contributed by atoms with Crippen LogP contribution in [0, 0.1) is 10.8 Å². The number of nitrogens with one attached hydrogen (secondary N) is 1. The zero-order valence-corrected chi connectivity index (χ0v) is 34.1. The van der Waals surface area contributed by atoms with Gasteiger partial charge in [0, 0.05) is 31.6 Å². The fourth-order valence-corrected chi connectivity index (χ4v) is 8.69. The topological polar surface area (TPSA) is 207 Å². The first kappa shape index (κ1) is 43.8. The third-order valence-electron chi connectivity index (χ3n) is 11.9. The summed E-state index contributed by atoms with van der Waals surface area (Å²) in [4.78, 5) is 53.7. The van der Waals surface area contributed by atoms with Gasteiger partial charge in [0.15, 0.2) is 17.5 Å². The van der Waals surface area contributed by atoms with E-state index >= 15 is 0 Å². The molecule has 1 heterocycles. The lowest BCUT2D eigenvalue weighted by molar-refractivity contribution is -0.291. The number of fused-ring (bicyclic) bond motifs is 1. The molecule has 1 aliphatic heterocycles. The number of hydrogen-bond acceptors (Lipinski definition) is 13. The summed E-state index contributed by atoms with van der Waals surface area (Å²) in [5.41, 5.74) is -6.48. The van der Waals surface area contributed by atoms with Gasteiger partial charge < -0.3 is 49.4 Å². The van der Waals surface area contributed by atoms with E-state index in [1.165, 1.54) is 13.8 Å². The van der Waals surface area contributed by atoms with Gasteiger partial charge in [-0.25, -0.2) is 9.59 Å². The highest BCUT2D eigenvalue weighted by Gasteiger charge is 2.65. The van der Waals surface area contributed by atoms with Crippen molar-refractivity contribution in [3.05, 3.63) is 77.4 Å². The predicted octanol–water partition coefficient (Wildman–Crippen LogP) is 4.26. The van der Waals surface area contributed by atoms with E-state index in [2.05, 4.69) is 5.32 Å². The Morgan fingerprint density at radius 1 is 0.965 bits per heavy atom. The van der Waals surface area contributed by atoms with Gasteiger partial charge in [-0.1, -0.05) is 62.4 Å². The number of carbonyl (C=O) groups excluding carboxylic acids is 4. The van der Waals surface area contributed by atoms with Crippen molar-refractivity contribution >= 4 is 23.8 Å². The maximum absolute atomic E-state index is 14.7. The molecule has 5 rings (SSSR count). The largest absolute Gasteiger partial charge is 0.488 e. The lowest BCUT2D eigenvalue weighted by Gasteiger charge is -2.57. The molecule has 2 aliphatic carbocycles. The molecule has 0 aromatic heterocycles. The van der Waals surface area contributed by atoms with Gasteiger partial charge in [-0.3, -0.25) is 9.59 Å². The van der Waals surface area contributed by atoms with E-state index in [1.54, 1.807) is 109 Å². The van der Waals surface area contributed by atoms with Crippen LogP contribution in [0.4, 0.5) is 4.79 Å². The zero-order chi connectivity index (χ0) is 42.3. The monoisotopic (exact) mass is 795 g/mol. The van der Waals surface area contributed by atoms with Gasteiger partial charge in [0.25, 0.3) is 0 Å². The molecule has 1 amide bonds. The van der Waals surface area contributed by atoms with Crippen LogP contribution in [-0.2, 0) is 33.3 Å². The van der Waals surface area contributed by atoms with E-state index in [0.29, 0.717) is 11.3 Å². The molecular formula is C43H57NO13. The number of alkyl carbamates (subject to hydrolysis) is 1. The third-order valence-corrected chi connectivity index (χ3v) is 11.9. The number of para-hydroxylation sites is 1. The van der Waals surface area contributed by atoms with Gasteiger partial charge in [0.2, 0.25) is 0 Å². The summed E-state index contributed by atoms with van der Waals surface area (Å²) < 4.78 is 28.9. The Labute approximate surface area is 333 Å². The van der Waals surface area contributed by atoms with Crippen molar-refractivity contribution in [2.75, 3.05) is 6.61 Å². The summed E-state index contributed by atoms with van der Waals surface area (Å²) in [7, 11) is 0. The van der Waals surface area contributed by atoms with Crippen molar-refractivity contribution in [3.8, 4) is 5.75 Å². The second-order valence-electron chi connectivity index (χ2n) is 17.4. The van der Waals surface area contributed by atoms with Gasteiger partial charge in [-0.2, -0.15) is 0 Å². The third kappa shape index (κ3) is 8.61. The minimum absolute atomic E-state index is 0.0113. The molecule has 0 radical (unpaired) electrons. The molecule has 2 fully saturated rings. The number of hydrogen-bond donors (Lipinski definition) is 5. The molecule has 0 spiro atoms. The molecule has 14 nitrogen and oxygen atoms in total. The lowest BCUT2D eigenvalue weighted by Crippen LogP contribution is -2.70. The van der Waals surface area contributed by atoms with Crippen molar-refractivity contribution in [3.63, 3.8) is 0 Å². The number of Topliss-reactive ketones (excluding diaryl/α,β-unsaturated/α-hetero) is 1. The Balaban J connectivity index is 1.53. The number of ether oxygens (including phenoxy) is 5. The summed E-state index contributed by atoms with van der Waals surface area (Å²) in [5, 5.41) is 50.6. The molecule has 14 heteroatoms. The predicted molar refractivity (Wildman–Crippen MR) is 206 cm³/mol. The molecule has 10 atom stereocenters. The maximum atomic E-state index is 14.7. The number of rotatable bonds is 12. The summed E-state index contributed by atoms with van der Waals surface area (Å²) in [5.74, 6) is -2.13. The van der Waals surface area contributed by atoms with E-state index < -0.39 is 94.1 Å². The van der Waals surface area contributed by atoms with Crippen molar-refractivity contribution in [1.82, 2.24) is 5.32 Å². The molecule has 1 saturated heterocycles. The number of carbonyl (C=O) groups is 4. The Hall–Kier alpha value is -4.34. The zero-order valence-electron chi connectivity index (χ0n) is 34.1. The molecular weight excluding hydrogens is 738 g/mol. The van der Waals surface area contributed by atoms with E-state index in [9.17, 15) is 39.6 Å². The summed E-state index contributed by atoms with van der Waals surface area (Å²) >= 11 is 0. The van der Waals surface area contributed by atoms with Crippen LogP contribution in [0.5, 0.6) is 5.75 Å². The molecule has 3 unspecified atom stereocenters. The lowest BCUT2D eigenvalue weighted by atomic mass is 9.55. The quantitative estimate of drug-likeness (QED) is 0.116. The van der Waals surface area contributed by atoms with Crippen molar-refractivity contribution in [2.24, 2.45) is 10.8 Å². The Morgan fingerprint density at radius 2 is 1.56 bits per heavy atom. The number of amides is 1. The highest BCUT2D eigenvalue weighted by Crippen LogP contribution is 2.55. The van der Waals surface area contributed by atoms with Crippen molar-refractivity contribution in [1.29, 1.82) is 0 Å². The average Bonchev–Trinajstić information content (AvgIpc) is 3.12. The van der Waals surface area contributed by atoms with Crippen LogP contribution in [0.1, 0.15) is 93.2 Å². The van der Waals surface area contributed by atoms with E-state index in [0.717, 1.165) is 0 Å². The van der Waals surface area contributed by atoms with Gasteiger partial charge in [-0.05, 0) is 70.4 Å². The Kier molecular flexibility index (Phi) is 12.4. The SMILES string of the molecule is CC(=O)O[C@@]12CO[C@@H]1C[C@H](O)[C@@](C)(C(=O)[C@H](O)C1=C(C)C(OC(=O)C(O)C(NC(=O)OC(C)(C)C)c3ccccc3)C[C@@](O)([C@H](C)Oc3ccccc3)C1(C)C)C2. The minimum atomic E-state index is -1.98. The summed E-state index contributed by atoms with van der Waals surface area (Å²) in [6, 6.07) is 15.7. The number of aliphatic hydroxyl groups is 4. The van der Waals surface area contributed by atoms with Crippen LogP contribution in [0.3, 0.4) is 0 Å². The normalized spacial score (nSPS) is 30.3. The van der Waals surface area contributed by atoms with E-state index in [4.69, 9.17) is 23.7 Å². The first-order chi connectivity index (χ1) is 26.5. The number of ketones is 1. The highest BCUT2D eigenvalue weighted by molar-refractivity contribution is 5.92. The van der Waals surface area contributed by atoms with Gasteiger partial charge >= 0.3 is 18.0 Å². The number of esters is 2. The summed E-state index contributed by atoms with van der Waals surface area (Å²) in [6.07, 6.45) is -9.58. The first-order valence-corrected chi connectivity index (χ1v) is 19.3. The fraction of sp³-hybridized carbons (Fsp3) is 0.581. The molecule has 3 aliphatic rings. The van der Waals surface area contributed by atoms with Crippen molar-refractivity contribution < 1.29 is 63.3 Å². The van der Waals surface area contributed by atoms with Crippen LogP contribution < -0.4 is 10.1 Å². The van der Waals surface area contributed by atoms with Crippen LogP contribution in [0.25, 0.3) is 0 Å². The standard InChI is InChI=1S/C43H57NO13/c1-24-29(55-37(50)35(48)33(27-16-12-10-13-17-27)44-38(51)57-39(4,5)6)21-43(52,25(2)54-28-18-14-11-15-19-28)40(7,8)32(24)34(47)36(49)41(9)22-42(56-26(3)45)23-53-31(42)20-30(41)46/h10-19,25,29-31,33-35,46-48,52H,20-23H2,1-9H3,(H,44,51)/t25-,29?,30-,31+,33?,34+,35?,41-,42-,43+/m0/s1. The number of benzene rings is 2. The van der Waals surface area contributed by atoms with Gasteiger partial charge in [0.1, 0.15) is 41.4 Å². The molecule has 2 aromatic carbocycles. The van der Waals surface area contributed by atoms with Crippen molar-refractivity contribution in [2.45, 2.75) is 141 Å². The summed E-state index contributed by atoms with van der Waals surface area (Å²) in [6.45, 7) is 14.2. The molecule has 5 N–H and O–H groups in total. The molecule has 1 saturated carbocycles. The second-order valence-corrected chi connectivity index (χ2v) is 17.4. The first-order valence-electron chi connectivity index (χ1n) is 19.3. The molecule has 312 valence electrons. The van der Waals surface area contributed by atoms with Gasteiger partial charge in [-0.15, -0.1) is 0 Å². The van der Waals surface area contributed by atoms with Crippen LogP contribution in [0.2, 0.25) is 0 Å². The fourth-order valence-electron chi connectivity index (χ4n) is 8.69. The van der Waals surface area contributed by atoms with E-state index in [1.807, 2.05) is 0 Å². The van der Waals surface area contributed by atoms with Crippen LogP contribution in [-0.4, -0.2) is 104 Å². The Morgan fingerprint density at radius 3 is 2.11 bits per heavy atom. The van der Waals surface area contributed by atoms with Crippen LogP contribution >= 0.6 is 0 Å². The number of aliphatic hydroxyl groups excluding tert-OH is 3. The second kappa shape index (κ2) is 16.1. The highest BCUT2D eigenvalue weighted by atomic mass is 16.6. The average molecular weight is 796 g/mol. The molecule has 0 bridgehead atoms. The van der Waals surface area contributed by atoms with Crippen LogP contribution in [0.15, 0.2) is 71.8 Å². The maximum Gasteiger partial charge on any atom is 0.408 e. The molecule has 2 aromatic rings.